The fraction of sp³-hybridized carbons (Fsp3) is 1.00. The minimum absolute atomic E-state index is 0.309. The van der Waals surface area contributed by atoms with Gasteiger partial charge in [0.15, 0.2) is 0 Å². The predicted octanol–water partition coefficient (Wildman–Crippen LogP) is 0.460. The van der Waals surface area contributed by atoms with Crippen molar-refractivity contribution in [3.63, 3.8) is 0 Å². The van der Waals surface area contributed by atoms with Gasteiger partial charge in [-0.05, 0) is 6.42 Å². The van der Waals surface area contributed by atoms with Gasteiger partial charge in [-0.3, -0.25) is 10.9 Å². The highest BCUT2D eigenvalue weighted by molar-refractivity contribution is 4.36. The van der Waals surface area contributed by atoms with E-state index in [1.165, 1.54) is 0 Å². The van der Waals surface area contributed by atoms with Crippen molar-refractivity contribution in [1.29, 1.82) is 0 Å². The van der Waals surface area contributed by atoms with Crippen LogP contribution in [-0.2, 0) is 0 Å². The number of hydrogen-bond donors (Lipinski definition) is 2. The lowest BCUT2D eigenvalue weighted by molar-refractivity contribution is 0.431. The summed E-state index contributed by atoms with van der Waals surface area (Å²) in [6.45, 7) is 3.06. The zero-order valence-corrected chi connectivity index (χ0v) is 5.21. The maximum Gasteiger partial charge on any atom is 0.103 e. The Morgan fingerprint density at radius 3 is 2.38 bits per heavy atom. The van der Waals surface area contributed by atoms with Crippen LogP contribution in [0.2, 0.25) is 0 Å². The molecule has 0 amide bonds. The van der Waals surface area contributed by atoms with Gasteiger partial charge >= 0.3 is 0 Å². The number of nitrogens with one attached hydrogen (secondary N) is 2. The van der Waals surface area contributed by atoms with Crippen LogP contribution in [-0.4, -0.2) is 19.8 Å². The minimum atomic E-state index is -0.309. The summed E-state index contributed by atoms with van der Waals surface area (Å²) < 4.78 is 11.3. The molecule has 0 fully saturated rings. The lowest BCUT2D eigenvalue weighted by atomic mass is 10.5. The first kappa shape index (κ1) is 7.85. The van der Waals surface area contributed by atoms with Crippen molar-refractivity contribution in [2.75, 3.05) is 19.8 Å². The zero-order valence-electron chi connectivity index (χ0n) is 5.21. The smallest absolute Gasteiger partial charge is 0.103 e. The lowest BCUT2D eigenvalue weighted by Gasteiger charge is -2.00. The average molecular weight is 120 g/mol. The molecule has 8 heavy (non-hydrogen) atoms. The standard InChI is InChI=1S/C5H13FN2/c1-2-4-7-8-5-3-6/h7-8H,2-5H2,1H3. The largest absolute Gasteiger partial charge is 0.258 e. The van der Waals surface area contributed by atoms with E-state index >= 15 is 0 Å². The van der Waals surface area contributed by atoms with Crippen molar-refractivity contribution in [2.45, 2.75) is 13.3 Å². The average Bonchev–Trinajstić information content (AvgIpc) is 1.81. The molecule has 0 saturated carbocycles. The van der Waals surface area contributed by atoms with Gasteiger partial charge in [0, 0.05) is 13.1 Å². The topological polar surface area (TPSA) is 24.1 Å². The third-order valence-electron chi connectivity index (χ3n) is 0.719. The SMILES string of the molecule is CCCNNCCF. The van der Waals surface area contributed by atoms with E-state index in [-0.39, 0.29) is 6.67 Å². The summed E-state index contributed by atoms with van der Waals surface area (Å²) in [7, 11) is 0. The molecule has 0 heterocycles. The quantitative estimate of drug-likeness (QED) is 0.407. The lowest BCUT2D eigenvalue weighted by Crippen LogP contribution is -2.33. The number of hydrogen-bond acceptors (Lipinski definition) is 2. The van der Waals surface area contributed by atoms with Gasteiger partial charge in [-0.25, -0.2) is 4.39 Å². The monoisotopic (exact) mass is 120 g/mol. The summed E-state index contributed by atoms with van der Waals surface area (Å²) in [5, 5.41) is 0. The van der Waals surface area contributed by atoms with Gasteiger partial charge in [0.1, 0.15) is 6.67 Å². The molecular formula is C5H13FN2. The highest BCUT2D eigenvalue weighted by Crippen LogP contribution is 1.65. The first-order chi connectivity index (χ1) is 3.91. The molecule has 0 aliphatic heterocycles. The predicted molar refractivity (Wildman–Crippen MR) is 32.3 cm³/mol. The Balaban J connectivity index is 2.53. The van der Waals surface area contributed by atoms with Gasteiger partial charge in [-0.15, -0.1) is 0 Å². The number of rotatable bonds is 5. The Bertz CT molecular complexity index is 35.4. The third-order valence-corrected chi connectivity index (χ3v) is 0.719. The van der Waals surface area contributed by atoms with Crippen LogP contribution < -0.4 is 10.9 Å². The number of hydrazine groups is 1. The van der Waals surface area contributed by atoms with Crippen LogP contribution >= 0.6 is 0 Å². The first-order valence-electron chi connectivity index (χ1n) is 2.93. The molecular weight excluding hydrogens is 107 g/mol. The van der Waals surface area contributed by atoms with Crippen LogP contribution in [0.25, 0.3) is 0 Å². The summed E-state index contributed by atoms with van der Waals surface area (Å²) >= 11 is 0. The summed E-state index contributed by atoms with van der Waals surface area (Å²) in [5.74, 6) is 0. The second-order valence-corrected chi connectivity index (χ2v) is 1.54. The first-order valence-corrected chi connectivity index (χ1v) is 2.93. The van der Waals surface area contributed by atoms with Crippen molar-refractivity contribution in [1.82, 2.24) is 10.9 Å². The molecule has 0 bridgehead atoms. The molecule has 0 aromatic carbocycles. The molecule has 0 radical (unpaired) electrons. The van der Waals surface area contributed by atoms with Gasteiger partial charge < -0.3 is 0 Å². The molecule has 0 atom stereocenters. The summed E-state index contributed by atoms with van der Waals surface area (Å²) in [5.41, 5.74) is 5.56. The minimum Gasteiger partial charge on any atom is -0.258 e. The Morgan fingerprint density at radius 2 is 1.88 bits per heavy atom. The number of halogens is 1. The van der Waals surface area contributed by atoms with Crippen LogP contribution in [0.3, 0.4) is 0 Å². The molecule has 0 rings (SSSR count). The summed E-state index contributed by atoms with van der Waals surface area (Å²) in [6.07, 6.45) is 1.07. The molecule has 3 heteroatoms. The molecule has 0 aromatic heterocycles. The van der Waals surface area contributed by atoms with Crippen molar-refractivity contribution in [3.8, 4) is 0 Å². The van der Waals surface area contributed by atoms with Gasteiger partial charge in [-0.2, -0.15) is 0 Å². The van der Waals surface area contributed by atoms with Gasteiger partial charge in [0.25, 0.3) is 0 Å². The molecule has 0 unspecified atom stereocenters. The van der Waals surface area contributed by atoms with Crippen molar-refractivity contribution < 1.29 is 4.39 Å². The molecule has 0 aromatic rings. The fourth-order valence-corrected chi connectivity index (χ4v) is 0.349. The van der Waals surface area contributed by atoms with Gasteiger partial charge in [0.05, 0.1) is 0 Å². The van der Waals surface area contributed by atoms with Crippen molar-refractivity contribution in [2.24, 2.45) is 0 Å². The van der Waals surface area contributed by atoms with Crippen molar-refractivity contribution >= 4 is 0 Å². The number of alkyl halides is 1. The second kappa shape index (κ2) is 6.85. The Morgan fingerprint density at radius 1 is 1.25 bits per heavy atom. The maximum atomic E-state index is 11.3. The second-order valence-electron chi connectivity index (χ2n) is 1.54. The molecule has 0 aliphatic carbocycles. The van der Waals surface area contributed by atoms with Crippen LogP contribution in [0.4, 0.5) is 4.39 Å². The van der Waals surface area contributed by atoms with Crippen molar-refractivity contribution in [3.05, 3.63) is 0 Å². The van der Waals surface area contributed by atoms with E-state index in [4.69, 9.17) is 0 Å². The van der Waals surface area contributed by atoms with Gasteiger partial charge in [0.2, 0.25) is 0 Å². The van der Waals surface area contributed by atoms with E-state index < -0.39 is 0 Å². The highest BCUT2D eigenvalue weighted by Gasteiger charge is 1.79. The Kier molecular flexibility index (Phi) is 6.72. The highest BCUT2D eigenvalue weighted by atomic mass is 19.1. The maximum absolute atomic E-state index is 11.3. The molecule has 0 saturated heterocycles. The molecule has 50 valence electrons. The third kappa shape index (κ3) is 5.85. The van der Waals surface area contributed by atoms with E-state index in [9.17, 15) is 4.39 Å². The summed E-state index contributed by atoms with van der Waals surface area (Å²) in [6, 6.07) is 0. The Labute approximate surface area is 49.4 Å². The van der Waals surface area contributed by atoms with E-state index in [1.807, 2.05) is 0 Å². The zero-order chi connectivity index (χ0) is 6.24. The molecule has 2 nitrogen and oxygen atoms in total. The normalized spacial score (nSPS) is 9.75. The van der Waals surface area contributed by atoms with Crippen LogP contribution in [0, 0.1) is 0 Å². The van der Waals surface area contributed by atoms with E-state index in [1.54, 1.807) is 0 Å². The molecule has 0 spiro atoms. The molecule has 2 N–H and O–H groups in total. The summed E-state index contributed by atoms with van der Waals surface area (Å²) in [4.78, 5) is 0. The Hall–Kier alpha value is -0.150. The van der Waals surface area contributed by atoms with Crippen LogP contribution in [0.5, 0.6) is 0 Å². The van der Waals surface area contributed by atoms with E-state index in [0.717, 1.165) is 13.0 Å². The fourth-order valence-electron chi connectivity index (χ4n) is 0.349. The molecule has 0 aliphatic rings. The van der Waals surface area contributed by atoms with Crippen LogP contribution in [0.15, 0.2) is 0 Å². The van der Waals surface area contributed by atoms with E-state index in [2.05, 4.69) is 17.8 Å². The van der Waals surface area contributed by atoms with E-state index in [0.29, 0.717) is 6.54 Å². The van der Waals surface area contributed by atoms with Crippen LogP contribution in [0.1, 0.15) is 13.3 Å². The van der Waals surface area contributed by atoms with Gasteiger partial charge in [-0.1, -0.05) is 6.92 Å².